The average Bonchev–Trinajstić information content (AvgIpc) is 2.87. The van der Waals surface area contributed by atoms with Crippen molar-refractivity contribution in [3.05, 3.63) is 23.3 Å². The van der Waals surface area contributed by atoms with Crippen LogP contribution in [-0.4, -0.2) is 23.9 Å². The highest BCUT2D eigenvalue weighted by molar-refractivity contribution is 5.03. The number of ether oxygens (including phenoxy) is 1. The molecule has 1 N–H and O–H groups in total. The molecule has 2 heteroatoms. The Morgan fingerprint density at radius 2 is 1.46 bits per heavy atom. The highest BCUT2D eigenvalue weighted by Crippen LogP contribution is 2.39. The van der Waals surface area contributed by atoms with E-state index >= 15 is 0 Å². The minimum Gasteiger partial charge on any atom is -0.393 e. The second kappa shape index (κ2) is 21.2. The number of aliphatic hydroxyl groups is 1. The van der Waals surface area contributed by atoms with Crippen LogP contribution in [0.15, 0.2) is 23.3 Å². The molecule has 0 aromatic carbocycles. The largest absolute Gasteiger partial charge is 0.393 e. The quantitative estimate of drug-likeness (QED) is 0.121. The molecule has 218 valence electrons. The van der Waals surface area contributed by atoms with E-state index in [1.165, 1.54) is 103 Å². The Morgan fingerprint density at radius 1 is 0.811 bits per heavy atom. The van der Waals surface area contributed by atoms with Gasteiger partial charge in [0, 0.05) is 6.61 Å². The fourth-order valence-corrected chi connectivity index (χ4v) is 6.08. The first-order chi connectivity index (χ1) is 17.8. The van der Waals surface area contributed by atoms with Crippen LogP contribution in [0.25, 0.3) is 0 Å². The Hall–Kier alpha value is -0.600. The lowest BCUT2D eigenvalue weighted by molar-refractivity contribution is -0.105. The summed E-state index contributed by atoms with van der Waals surface area (Å²) in [5, 5.41) is 10.7. The van der Waals surface area contributed by atoms with Crippen molar-refractivity contribution < 1.29 is 9.84 Å². The van der Waals surface area contributed by atoms with Gasteiger partial charge in [-0.25, -0.2) is 0 Å². The second-order valence-electron chi connectivity index (χ2n) is 12.7. The maximum atomic E-state index is 10.7. The summed E-state index contributed by atoms with van der Waals surface area (Å²) < 4.78 is 6.54. The van der Waals surface area contributed by atoms with E-state index in [-0.39, 0.29) is 6.10 Å². The van der Waals surface area contributed by atoms with Crippen LogP contribution in [0.4, 0.5) is 0 Å². The van der Waals surface area contributed by atoms with E-state index in [9.17, 15) is 5.11 Å². The smallest absolute Gasteiger partial charge is 0.0633 e. The third-order valence-electron chi connectivity index (χ3n) is 9.15. The zero-order valence-electron chi connectivity index (χ0n) is 26.2. The van der Waals surface area contributed by atoms with Gasteiger partial charge in [-0.3, -0.25) is 0 Å². The SMILES string of the molecule is CCCCC=C(C)CCC=C(C)CCCC(C)CCC1CC(O)C(C)C(C)C1OCCCCCCCC. The van der Waals surface area contributed by atoms with Gasteiger partial charge in [0.2, 0.25) is 0 Å². The topological polar surface area (TPSA) is 29.5 Å². The van der Waals surface area contributed by atoms with Gasteiger partial charge in [0.25, 0.3) is 0 Å². The van der Waals surface area contributed by atoms with Gasteiger partial charge in [-0.2, -0.15) is 0 Å². The predicted molar refractivity (Wildman–Crippen MR) is 164 cm³/mol. The molecule has 2 nitrogen and oxygen atoms in total. The van der Waals surface area contributed by atoms with Gasteiger partial charge in [-0.05, 0) is 88.9 Å². The molecule has 1 fully saturated rings. The third-order valence-corrected chi connectivity index (χ3v) is 9.15. The van der Waals surface area contributed by atoms with Crippen LogP contribution >= 0.6 is 0 Å². The molecule has 0 spiro atoms. The molecule has 1 saturated carbocycles. The highest BCUT2D eigenvalue weighted by Gasteiger charge is 2.40. The summed E-state index contributed by atoms with van der Waals surface area (Å²) in [6.07, 6.45) is 26.4. The van der Waals surface area contributed by atoms with Crippen molar-refractivity contribution in [3.8, 4) is 0 Å². The number of rotatable bonds is 21. The monoisotopic (exact) mass is 519 g/mol. The van der Waals surface area contributed by atoms with Gasteiger partial charge in [0.05, 0.1) is 12.2 Å². The Morgan fingerprint density at radius 3 is 2.19 bits per heavy atom. The molecule has 6 unspecified atom stereocenters. The van der Waals surface area contributed by atoms with Crippen LogP contribution in [0.5, 0.6) is 0 Å². The van der Waals surface area contributed by atoms with E-state index < -0.39 is 0 Å². The molecule has 0 aliphatic heterocycles. The minimum atomic E-state index is -0.165. The van der Waals surface area contributed by atoms with E-state index in [1.54, 1.807) is 11.1 Å². The Balaban J connectivity index is 2.36. The maximum Gasteiger partial charge on any atom is 0.0633 e. The molecule has 0 radical (unpaired) electrons. The fraction of sp³-hybridized carbons (Fsp3) is 0.886. The van der Waals surface area contributed by atoms with Crippen LogP contribution in [0.2, 0.25) is 0 Å². The molecule has 0 bridgehead atoms. The molecule has 0 saturated heterocycles. The van der Waals surface area contributed by atoms with Crippen LogP contribution in [0.3, 0.4) is 0 Å². The molecular weight excluding hydrogens is 452 g/mol. The summed E-state index contributed by atoms with van der Waals surface area (Å²) >= 11 is 0. The lowest BCUT2D eigenvalue weighted by Crippen LogP contribution is -2.45. The molecule has 0 aromatic heterocycles. The molecule has 37 heavy (non-hydrogen) atoms. The number of aliphatic hydroxyl groups excluding tert-OH is 1. The number of unbranched alkanes of at least 4 members (excludes halogenated alkanes) is 7. The molecule has 6 atom stereocenters. The fourth-order valence-electron chi connectivity index (χ4n) is 6.08. The summed E-state index contributed by atoms with van der Waals surface area (Å²) in [4.78, 5) is 0. The van der Waals surface area contributed by atoms with Crippen LogP contribution in [0, 0.1) is 23.7 Å². The number of allylic oxidation sites excluding steroid dienone is 4. The lowest BCUT2D eigenvalue weighted by Gasteiger charge is -2.43. The summed E-state index contributed by atoms with van der Waals surface area (Å²) in [5.74, 6) is 2.05. The van der Waals surface area contributed by atoms with Crippen LogP contribution in [-0.2, 0) is 4.74 Å². The molecule has 0 aromatic rings. The molecule has 0 heterocycles. The summed E-state index contributed by atoms with van der Waals surface area (Å²) in [6, 6.07) is 0. The maximum absolute atomic E-state index is 10.7. The first-order valence-corrected chi connectivity index (χ1v) is 16.4. The highest BCUT2D eigenvalue weighted by atomic mass is 16.5. The minimum absolute atomic E-state index is 0.165. The first-order valence-electron chi connectivity index (χ1n) is 16.4. The molecule has 1 rings (SSSR count). The zero-order chi connectivity index (χ0) is 27.5. The van der Waals surface area contributed by atoms with Crippen LogP contribution in [0.1, 0.15) is 158 Å². The van der Waals surface area contributed by atoms with Crippen molar-refractivity contribution in [2.75, 3.05) is 6.61 Å². The van der Waals surface area contributed by atoms with E-state index in [4.69, 9.17) is 4.74 Å². The van der Waals surface area contributed by atoms with E-state index in [0.717, 1.165) is 18.9 Å². The standard InChI is InChI=1S/C35H66O2/c1-8-10-12-13-14-16-26-37-35-32(7)31(6)34(36)27-33(35)25-24-30(5)23-18-22-29(4)21-17-20-28(3)19-15-11-9-2/h19,21,30-36H,8-18,20,22-27H2,1-7H3. The predicted octanol–water partition coefficient (Wildman–Crippen LogP) is 10.8. The Kier molecular flexibility index (Phi) is 19.8. The zero-order valence-corrected chi connectivity index (χ0v) is 26.2. The number of hydrogen-bond donors (Lipinski definition) is 1. The normalized spacial score (nSPS) is 26.0. The summed E-state index contributed by atoms with van der Waals surface area (Å²) in [6.45, 7) is 17.0. The lowest BCUT2D eigenvalue weighted by atomic mass is 9.70. The van der Waals surface area contributed by atoms with E-state index in [2.05, 4.69) is 60.6 Å². The van der Waals surface area contributed by atoms with Crippen molar-refractivity contribution in [2.24, 2.45) is 23.7 Å². The van der Waals surface area contributed by atoms with Crippen LogP contribution < -0.4 is 0 Å². The first kappa shape index (κ1) is 34.4. The average molecular weight is 519 g/mol. The molecule has 0 amide bonds. The van der Waals surface area contributed by atoms with Gasteiger partial charge in [-0.1, -0.05) is 116 Å². The van der Waals surface area contributed by atoms with Gasteiger partial charge in [0.1, 0.15) is 0 Å². The molecule has 1 aliphatic carbocycles. The van der Waals surface area contributed by atoms with Gasteiger partial charge < -0.3 is 9.84 Å². The van der Waals surface area contributed by atoms with Gasteiger partial charge >= 0.3 is 0 Å². The van der Waals surface area contributed by atoms with Crippen molar-refractivity contribution >= 4 is 0 Å². The van der Waals surface area contributed by atoms with Gasteiger partial charge in [-0.15, -0.1) is 0 Å². The van der Waals surface area contributed by atoms with Crippen molar-refractivity contribution in [3.63, 3.8) is 0 Å². The molecule has 1 aliphatic rings. The molecular formula is C35H66O2. The van der Waals surface area contributed by atoms with Crippen molar-refractivity contribution in [2.45, 2.75) is 170 Å². The Labute approximate surface area is 233 Å². The van der Waals surface area contributed by atoms with Gasteiger partial charge in [0.15, 0.2) is 0 Å². The van der Waals surface area contributed by atoms with E-state index in [0.29, 0.717) is 23.9 Å². The van der Waals surface area contributed by atoms with Crippen molar-refractivity contribution in [1.29, 1.82) is 0 Å². The third kappa shape index (κ3) is 15.5. The Bertz CT molecular complexity index is 606. The summed E-state index contributed by atoms with van der Waals surface area (Å²) in [7, 11) is 0. The summed E-state index contributed by atoms with van der Waals surface area (Å²) in [5.41, 5.74) is 3.12. The van der Waals surface area contributed by atoms with E-state index in [1.807, 2.05) is 0 Å². The van der Waals surface area contributed by atoms with Crippen molar-refractivity contribution in [1.82, 2.24) is 0 Å². The number of hydrogen-bond acceptors (Lipinski definition) is 2. The second-order valence-corrected chi connectivity index (χ2v) is 12.7.